The predicted octanol–water partition coefficient (Wildman–Crippen LogP) is 2.70. The molecule has 4 nitrogen and oxygen atoms in total. The lowest BCUT2D eigenvalue weighted by Crippen LogP contribution is -2.41. The van der Waals surface area contributed by atoms with Crippen LogP contribution in [0.1, 0.15) is 36.0 Å². The number of carbonyl (C=O) groups is 1. The molecule has 1 aliphatic carbocycles. The van der Waals surface area contributed by atoms with Crippen molar-refractivity contribution in [3.63, 3.8) is 0 Å². The molecule has 0 unspecified atom stereocenters. The van der Waals surface area contributed by atoms with E-state index in [1.165, 1.54) is 6.20 Å². The largest absolute Gasteiger partial charge is 0.411 e. The number of halogens is 3. The lowest BCUT2D eigenvalue weighted by Gasteiger charge is -2.30. The summed E-state index contributed by atoms with van der Waals surface area (Å²) in [5.41, 5.74) is 0.441. The van der Waals surface area contributed by atoms with Gasteiger partial charge in [0, 0.05) is 18.4 Å². The molecule has 7 heteroatoms. The van der Waals surface area contributed by atoms with E-state index in [4.69, 9.17) is 4.74 Å². The first-order valence-electron chi connectivity index (χ1n) is 6.83. The fourth-order valence-corrected chi connectivity index (χ4v) is 2.41. The molecular weight excluding hydrogens is 285 g/mol. The van der Waals surface area contributed by atoms with Gasteiger partial charge in [0.15, 0.2) is 0 Å². The molecule has 0 saturated heterocycles. The van der Waals surface area contributed by atoms with Crippen molar-refractivity contribution in [2.45, 2.75) is 44.0 Å². The molecule has 116 valence electrons. The fourth-order valence-electron chi connectivity index (χ4n) is 2.41. The quantitative estimate of drug-likeness (QED) is 0.930. The monoisotopic (exact) mass is 302 g/mol. The Kier molecular flexibility index (Phi) is 5.17. The van der Waals surface area contributed by atoms with Gasteiger partial charge in [0.05, 0.1) is 11.7 Å². The Hall–Kier alpha value is -1.63. The van der Waals surface area contributed by atoms with Gasteiger partial charge in [-0.25, -0.2) is 0 Å². The highest BCUT2D eigenvalue weighted by Crippen LogP contribution is 2.24. The Labute approximate surface area is 120 Å². The van der Waals surface area contributed by atoms with Gasteiger partial charge in [-0.3, -0.25) is 9.78 Å². The lowest BCUT2D eigenvalue weighted by molar-refractivity contribution is -0.188. The van der Waals surface area contributed by atoms with Crippen LogP contribution in [0.15, 0.2) is 24.5 Å². The van der Waals surface area contributed by atoms with Crippen molar-refractivity contribution in [1.82, 2.24) is 10.3 Å². The molecule has 1 aromatic rings. The van der Waals surface area contributed by atoms with Gasteiger partial charge in [-0.2, -0.15) is 13.2 Å². The molecule has 0 aromatic carbocycles. The van der Waals surface area contributed by atoms with Crippen molar-refractivity contribution in [3.8, 4) is 0 Å². The highest BCUT2D eigenvalue weighted by molar-refractivity contribution is 5.93. The maximum absolute atomic E-state index is 12.1. The van der Waals surface area contributed by atoms with Crippen molar-refractivity contribution in [2.24, 2.45) is 0 Å². The van der Waals surface area contributed by atoms with Crippen LogP contribution in [0.4, 0.5) is 13.2 Å². The number of pyridine rings is 1. The molecule has 1 saturated carbocycles. The number of ether oxygens (including phenoxy) is 1. The Balaban J connectivity index is 1.82. The third kappa shape index (κ3) is 5.34. The summed E-state index contributed by atoms with van der Waals surface area (Å²) in [6.07, 6.45) is 0.732. The molecule has 1 aromatic heterocycles. The van der Waals surface area contributed by atoms with E-state index in [1.807, 2.05) is 0 Å². The molecule has 1 heterocycles. The zero-order valence-electron chi connectivity index (χ0n) is 11.4. The van der Waals surface area contributed by atoms with Crippen LogP contribution >= 0.6 is 0 Å². The summed E-state index contributed by atoms with van der Waals surface area (Å²) in [6, 6.07) is 3.14. The molecule has 0 radical (unpaired) electrons. The van der Waals surface area contributed by atoms with Crippen molar-refractivity contribution in [1.29, 1.82) is 0 Å². The predicted molar refractivity (Wildman–Crippen MR) is 69.8 cm³/mol. The summed E-state index contributed by atoms with van der Waals surface area (Å²) in [4.78, 5) is 15.8. The normalized spacial score (nSPS) is 22.8. The number of rotatable bonds is 4. The summed E-state index contributed by atoms with van der Waals surface area (Å²) < 4.78 is 41.3. The van der Waals surface area contributed by atoms with Gasteiger partial charge in [0.2, 0.25) is 0 Å². The number of amides is 1. The van der Waals surface area contributed by atoms with Gasteiger partial charge in [-0.05, 0) is 37.8 Å². The van der Waals surface area contributed by atoms with E-state index in [-0.39, 0.29) is 11.9 Å². The maximum atomic E-state index is 12.1. The molecule has 1 N–H and O–H groups in total. The number of hydrogen-bond donors (Lipinski definition) is 1. The summed E-state index contributed by atoms with van der Waals surface area (Å²) in [5, 5.41) is 2.82. The first-order valence-corrected chi connectivity index (χ1v) is 6.83. The van der Waals surface area contributed by atoms with Gasteiger partial charge in [-0.15, -0.1) is 0 Å². The highest BCUT2D eigenvalue weighted by atomic mass is 19.4. The number of alkyl halides is 3. The summed E-state index contributed by atoms with van der Waals surface area (Å²) >= 11 is 0. The lowest BCUT2D eigenvalue weighted by atomic mass is 9.92. The van der Waals surface area contributed by atoms with Crippen molar-refractivity contribution in [3.05, 3.63) is 30.1 Å². The summed E-state index contributed by atoms with van der Waals surface area (Å²) in [5.74, 6) is -0.260. The van der Waals surface area contributed by atoms with Crippen LogP contribution in [-0.2, 0) is 4.74 Å². The molecule has 2 atom stereocenters. The maximum Gasteiger partial charge on any atom is 0.411 e. The molecule has 21 heavy (non-hydrogen) atoms. The molecule has 2 rings (SSSR count). The molecular formula is C14H17F3N2O2. The van der Waals surface area contributed by atoms with Gasteiger partial charge >= 0.3 is 6.18 Å². The highest BCUT2D eigenvalue weighted by Gasteiger charge is 2.31. The van der Waals surface area contributed by atoms with E-state index >= 15 is 0 Å². The van der Waals surface area contributed by atoms with E-state index in [9.17, 15) is 18.0 Å². The minimum atomic E-state index is -4.31. The molecule has 1 aliphatic rings. The van der Waals surface area contributed by atoms with Crippen LogP contribution in [0.25, 0.3) is 0 Å². The van der Waals surface area contributed by atoms with E-state index in [0.29, 0.717) is 18.4 Å². The van der Waals surface area contributed by atoms with E-state index in [0.717, 1.165) is 12.8 Å². The number of hydrogen-bond acceptors (Lipinski definition) is 3. The Morgan fingerprint density at radius 3 is 2.90 bits per heavy atom. The second-order valence-corrected chi connectivity index (χ2v) is 5.13. The topological polar surface area (TPSA) is 51.2 Å². The average molecular weight is 302 g/mol. The molecule has 0 spiro atoms. The van der Waals surface area contributed by atoms with Crippen LogP contribution in [-0.4, -0.2) is 35.8 Å². The van der Waals surface area contributed by atoms with Gasteiger partial charge in [0.1, 0.15) is 6.61 Å². The number of nitrogens with one attached hydrogen (secondary N) is 1. The van der Waals surface area contributed by atoms with Crippen molar-refractivity contribution in [2.75, 3.05) is 6.61 Å². The number of aromatic nitrogens is 1. The van der Waals surface area contributed by atoms with Gasteiger partial charge in [0.25, 0.3) is 5.91 Å². The Morgan fingerprint density at radius 1 is 1.43 bits per heavy atom. The first kappa shape index (κ1) is 15.8. The zero-order valence-corrected chi connectivity index (χ0v) is 11.4. The Bertz CT molecular complexity index is 465. The molecule has 1 amide bonds. The number of nitrogens with zero attached hydrogens (tertiary/aromatic N) is 1. The smallest absolute Gasteiger partial charge is 0.369 e. The Morgan fingerprint density at radius 2 is 2.24 bits per heavy atom. The molecule has 0 aliphatic heterocycles. The van der Waals surface area contributed by atoms with Crippen LogP contribution in [0.3, 0.4) is 0 Å². The van der Waals surface area contributed by atoms with Gasteiger partial charge < -0.3 is 10.1 Å². The average Bonchev–Trinajstić information content (AvgIpc) is 2.46. The van der Waals surface area contributed by atoms with E-state index in [2.05, 4.69) is 10.3 Å². The van der Waals surface area contributed by atoms with Crippen LogP contribution in [0.5, 0.6) is 0 Å². The van der Waals surface area contributed by atoms with Crippen LogP contribution < -0.4 is 5.32 Å². The fraction of sp³-hybridized carbons (Fsp3) is 0.571. The standard InChI is InChI=1S/C14H17F3N2O2/c15-14(16,17)9-21-12-5-1-4-11(7-12)19-13(20)10-3-2-6-18-8-10/h2-3,6,8,11-12H,1,4-5,7,9H2,(H,19,20)/t11-,12+/m0/s1. The molecule has 0 bridgehead atoms. The van der Waals surface area contributed by atoms with E-state index < -0.39 is 18.9 Å². The summed E-state index contributed by atoms with van der Waals surface area (Å²) in [7, 11) is 0. The third-order valence-electron chi connectivity index (χ3n) is 3.37. The van der Waals surface area contributed by atoms with Crippen molar-refractivity contribution < 1.29 is 22.7 Å². The summed E-state index contributed by atoms with van der Waals surface area (Å²) in [6.45, 7) is -1.24. The minimum Gasteiger partial charge on any atom is -0.369 e. The van der Waals surface area contributed by atoms with Crippen LogP contribution in [0.2, 0.25) is 0 Å². The van der Waals surface area contributed by atoms with Crippen LogP contribution in [0, 0.1) is 0 Å². The minimum absolute atomic E-state index is 0.162. The van der Waals surface area contributed by atoms with E-state index in [1.54, 1.807) is 18.3 Å². The third-order valence-corrected chi connectivity index (χ3v) is 3.37. The van der Waals surface area contributed by atoms with Gasteiger partial charge in [-0.1, -0.05) is 0 Å². The van der Waals surface area contributed by atoms with Crippen molar-refractivity contribution >= 4 is 5.91 Å². The second kappa shape index (κ2) is 6.89. The molecule has 1 fully saturated rings. The SMILES string of the molecule is O=C(N[C@H]1CCC[C@@H](OCC(F)(F)F)C1)c1cccnc1. The first-order chi connectivity index (χ1) is 9.94. The number of carbonyl (C=O) groups excluding carboxylic acids is 1. The second-order valence-electron chi connectivity index (χ2n) is 5.13. The zero-order chi connectivity index (χ0) is 15.3.